The third kappa shape index (κ3) is 7.40. The van der Waals surface area contributed by atoms with E-state index in [1.54, 1.807) is 6.92 Å². The van der Waals surface area contributed by atoms with E-state index < -0.39 is 24.2 Å². The highest BCUT2D eigenvalue weighted by Crippen LogP contribution is 2.28. The average Bonchev–Trinajstić information content (AvgIpc) is 3.24. The second kappa shape index (κ2) is 11.8. The molecule has 0 radical (unpaired) electrons. The number of benzene rings is 2. The van der Waals surface area contributed by atoms with Gasteiger partial charge in [0, 0.05) is 24.1 Å². The second-order valence-corrected chi connectivity index (χ2v) is 8.12. The first-order valence-electron chi connectivity index (χ1n) is 10.4. The van der Waals surface area contributed by atoms with Crippen LogP contribution in [0, 0.1) is 19.7 Å². The van der Waals surface area contributed by atoms with Gasteiger partial charge in [-0.15, -0.1) is 0 Å². The SMILES string of the molecule is Cc1ccc(CN(C=Nc2ccc(Oc3nc(C)ns3)c(F)c2)C(=O)N(C=O)CCC(=O)O)cc1. The second-order valence-electron chi connectivity index (χ2n) is 7.41. The van der Waals surface area contributed by atoms with Crippen molar-refractivity contribution in [1.82, 2.24) is 19.2 Å². The van der Waals surface area contributed by atoms with Gasteiger partial charge >= 0.3 is 12.0 Å². The zero-order valence-corrected chi connectivity index (χ0v) is 19.7. The number of carboxylic acid groups (broad SMARTS) is 1. The van der Waals surface area contributed by atoms with Gasteiger partial charge in [-0.25, -0.2) is 14.2 Å². The summed E-state index contributed by atoms with van der Waals surface area (Å²) in [7, 11) is 0. The fourth-order valence-corrected chi connectivity index (χ4v) is 3.38. The molecular weight excluding hydrogens is 477 g/mol. The summed E-state index contributed by atoms with van der Waals surface area (Å²) in [5, 5.41) is 9.08. The molecular formula is C23H22FN5O5S. The summed E-state index contributed by atoms with van der Waals surface area (Å²) in [6, 6.07) is 10.6. The Morgan fingerprint density at radius 2 is 1.91 bits per heavy atom. The number of aliphatic carboxylic acids is 1. The van der Waals surface area contributed by atoms with Crippen LogP contribution in [0.3, 0.4) is 0 Å². The Bertz CT molecular complexity index is 1230. The molecule has 0 aliphatic rings. The molecule has 0 aliphatic carbocycles. The van der Waals surface area contributed by atoms with E-state index in [1.165, 1.54) is 18.5 Å². The molecule has 1 N–H and O–H groups in total. The Kier molecular flexibility index (Phi) is 8.57. The van der Waals surface area contributed by atoms with Crippen LogP contribution in [0.25, 0.3) is 0 Å². The third-order valence-electron chi connectivity index (χ3n) is 4.63. The molecule has 0 saturated carbocycles. The van der Waals surface area contributed by atoms with Crippen LogP contribution in [0.2, 0.25) is 0 Å². The van der Waals surface area contributed by atoms with E-state index in [0.29, 0.717) is 5.82 Å². The lowest BCUT2D eigenvalue weighted by Crippen LogP contribution is -2.42. The number of carboxylic acids is 1. The first-order chi connectivity index (χ1) is 16.7. The Morgan fingerprint density at radius 3 is 2.51 bits per heavy atom. The van der Waals surface area contributed by atoms with E-state index >= 15 is 0 Å². The average molecular weight is 500 g/mol. The molecule has 0 fully saturated rings. The summed E-state index contributed by atoms with van der Waals surface area (Å²) in [5.74, 6) is -1.39. The zero-order valence-electron chi connectivity index (χ0n) is 18.9. The van der Waals surface area contributed by atoms with Crippen molar-refractivity contribution in [3.05, 3.63) is 65.2 Å². The fourth-order valence-electron chi connectivity index (χ4n) is 2.83. The van der Waals surface area contributed by atoms with Crippen LogP contribution in [0.1, 0.15) is 23.4 Å². The predicted octanol–water partition coefficient (Wildman–Crippen LogP) is 4.30. The molecule has 1 heterocycles. The molecule has 0 atom stereocenters. The van der Waals surface area contributed by atoms with Crippen molar-refractivity contribution in [3.8, 4) is 10.9 Å². The molecule has 35 heavy (non-hydrogen) atoms. The number of aromatic nitrogens is 2. The lowest BCUT2D eigenvalue weighted by molar-refractivity contribution is -0.137. The van der Waals surface area contributed by atoms with Crippen molar-refractivity contribution in [3.63, 3.8) is 0 Å². The molecule has 3 aromatic rings. The topological polar surface area (TPSA) is 125 Å². The number of aryl methyl sites for hydroxylation is 2. The standard InChI is InChI=1S/C23H22FN5O5S/c1-15-3-5-17(6-4-15)12-29(23(33)28(14-30)10-9-21(31)32)13-25-18-7-8-20(19(24)11-18)34-22-26-16(2)27-35-22/h3-8,11,13-14H,9-10,12H2,1-2H3,(H,31,32). The van der Waals surface area contributed by atoms with E-state index in [1.807, 2.05) is 31.2 Å². The maximum Gasteiger partial charge on any atom is 0.332 e. The number of ether oxygens (including phenoxy) is 1. The number of carbonyl (C=O) groups excluding carboxylic acids is 2. The van der Waals surface area contributed by atoms with E-state index in [2.05, 4.69) is 14.3 Å². The Balaban J connectivity index is 1.81. The molecule has 1 aromatic heterocycles. The first kappa shape index (κ1) is 25.4. The summed E-state index contributed by atoms with van der Waals surface area (Å²) in [4.78, 5) is 45.3. The fraction of sp³-hybridized carbons (Fsp3) is 0.217. The Morgan fingerprint density at radius 1 is 1.17 bits per heavy atom. The molecule has 0 spiro atoms. The molecule has 0 aliphatic heterocycles. The van der Waals surface area contributed by atoms with Crippen molar-refractivity contribution in [2.75, 3.05) is 6.54 Å². The molecule has 10 nitrogen and oxygen atoms in total. The zero-order chi connectivity index (χ0) is 25.4. The molecule has 182 valence electrons. The van der Waals surface area contributed by atoms with Crippen molar-refractivity contribution < 1.29 is 28.6 Å². The van der Waals surface area contributed by atoms with Gasteiger partial charge < -0.3 is 9.84 Å². The van der Waals surface area contributed by atoms with Gasteiger partial charge in [-0.1, -0.05) is 29.8 Å². The van der Waals surface area contributed by atoms with Gasteiger partial charge in [-0.3, -0.25) is 19.4 Å². The van der Waals surface area contributed by atoms with Crippen molar-refractivity contribution in [1.29, 1.82) is 0 Å². The van der Waals surface area contributed by atoms with E-state index in [-0.39, 0.29) is 36.1 Å². The van der Waals surface area contributed by atoms with Crippen LogP contribution in [0.5, 0.6) is 10.9 Å². The number of halogens is 1. The maximum absolute atomic E-state index is 14.5. The van der Waals surface area contributed by atoms with Crippen molar-refractivity contribution in [2.24, 2.45) is 4.99 Å². The number of hydrogen-bond acceptors (Lipinski definition) is 8. The normalized spacial score (nSPS) is 10.8. The summed E-state index contributed by atoms with van der Waals surface area (Å²) >= 11 is 0.993. The number of urea groups is 1. The van der Waals surface area contributed by atoms with Crippen molar-refractivity contribution in [2.45, 2.75) is 26.8 Å². The first-order valence-corrected chi connectivity index (χ1v) is 11.1. The van der Waals surface area contributed by atoms with Crippen LogP contribution < -0.4 is 4.74 Å². The lowest BCUT2D eigenvalue weighted by Gasteiger charge is -2.23. The van der Waals surface area contributed by atoms with Gasteiger partial charge in [-0.05, 0) is 31.5 Å². The summed E-state index contributed by atoms with van der Waals surface area (Å²) < 4.78 is 23.9. The smallest absolute Gasteiger partial charge is 0.332 e. The lowest BCUT2D eigenvalue weighted by atomic mass is 10.1. The van der Waals surface area contributed by atoms with Crippen LogP contribution >= 0.6 is 11.5 Å². The molecule has 0 bridgehead atoms. The van der Waals surface area contributed by atoms with E-state index in [0.717, 1.165) is 38.5 Å². The van der Waals surface area contributed by atoms with Gasteiger partial charge in [0.1, 0.15) is 5.82 Å². The molecule has 3 rings (SSSR count). The maximum atomic E-state index is 14.5. The minimum absolute atomic E-state index is 0.0557. The number of hydrogen-bond donors (Lipinski definition) is 1. The minimum atomic E-state index is -1.15. The van der Waals surface area contributed by atoms with Crippen LogP contribution in [-0.2, 0) is 16.1 Å². The number of imide groups is 1. The Hall–Kier alpha value is -4.19. The number of amides is 3. The predicted molar refractivity (Wildman–Crippen MR) is 126 cm³/mol. The molecule has 12 heteroatoms. The van der Waals surface area contributed by atoms with Crippen molar-refractivity contribution >= 4 is 42.0 Å². The number of aliphatic imine (C=N–C) groups is 1. The highest BCUT2D eigenvalue weighted by atomic mass is 32.1. The third-order valence-corrected chi connectivity index (χ3v) is 5.31. The summed E-state index contributed by atoms with van der Waals surface area (Å²) in [6.07, 6.45) is 1.03. The number of nitrogens with zero attached hydrogens (tertiary/aromatic N) is 5. The summed E-state index contributed by atoms with van der Waals surface area (Å²) in [5.41, 5.74) is 1.97. The summed E-state index contributed by atoms with van der Waals surface area (Å²) in [6.45, 7) is 3.36. The van der Waals surface area contributed by atoms with Crippen LogP contribution in [0.15, 0.2) is 47.5 Å². The van der Waals surface area contributed by atoms with E-state index in [4.69, 9.17) is 9.84 Å². The number of carbonyl (C=O) groups is 3. The molecule has 0 unspecified atom stereocenters. The van der Waals surface area contributed by atoms with Crippen LogP contribution in [0.4, 0.5) is 14.9 Å². The van der Waals surface area contributed by atoms with Gasteiger partial charge in [0.25, 0.3) is 5.19 Å². The molecule has 0 saturated heterocycles. The van der Waals surface area contributed by atoms with Gasteiger partial charge in [0.2, 0.25) is 6.41 Å². The quantitative estimate of drug-likeness (QED) is 0.250. The highest BCUT2D eigenvalue weighted by molar-refractivity contribution is 7.07. The minimum Gasteiger partial charge on any atom is -0.481 e. The Labute approximate surface area is 204 Å². The molecule has 2 aromatic carbocycles. The highest BCUT2D eigenvalue weighted by Gasteiger charge is 2.21. The van der Waals surface area contributed by atoms with Crippen LogP contribution in [-0.4, -0.2) is 55.6 Å². The van der Waals surface area contributed by atoms with Gasteiger partial charge in [-0.2, -0.15) is 9.36 Å². The van der Waals surface area contributed by atoms with E-state index in [9.17, 15) is 18.8 Å². The number of rotatable bonds is 10. The monoisotopic (exact) mass is 499 g/mol. The molecule has 3 amide bonds. The van der Waals surface area contributed by atoms with Gasteiger partial charge in [0.05, 0.1) is 25.0 Å². The largest absolute Gasteiger partial charge is 0.481 e. The van der Waals surface area contributed by atoms with Gasteiger partial charge in [0.15, 0.2) is 11.6 Å².